The Balaban J connectivity index is 1.66. The highest BCUT2D eigenvalue weighted by Gasteiger charge is 2.18. The first-order valence-electron chi connectivity index (χ1n) is 8.56. The second-order valence-corrected chi connectivity index (χ2v) is 6.23. The van der Waals surface area contributed by atoms with Gasteiger partial charge in [-0.2, -0.15) is 0 Å². The van der Waals surface area contributed by atoms with E-state index >= 15 is 0 Å². The molecule has 28 heavy (non-hydrogen) atoms. The molecule has 0 bridgehead atoms. The van der Waals surface area contributed by atoms with E-state index in [2.05, 4.69) is 4.98 Å². The van der Waals surface area contributed by atoms with Crippen molar-refractivity contribution in [3.05, 3.63) is 99.8 Å². The van der Waals surface area contributed by atoms with Crippen LogP contribution in [0.25, 0.3) is 11.1 Å². The number of halogens is 2. The molecule has 2 heterocycles. The van der Waals surface area contributed by atoms with Crippen molar-refractivity contribution in [2.24, 2.45) is 0 Å². The van der Waals surface area contributed by atoms with Crippen molar-refractivity contribution >= 4 is 16.9 Å². The smallest absolute Gasteiger partial charge is 0.408 e. The third-order valence-electron chi connectivity index (χ3n) is 4.42. The molecule has 0 saturated carbocycles. The van der Waals surface area contributed by atoms with Gasteiger partial charge in [-0.25, -0.2) is 13.6 Å². The van der Waals surface area contributed by atoms with Crippen molar-refractivity contribution in [3.8, 4) is 0 Å². The number of hydrogen-bond donors (Lipinski definition) is 0. The van der Waals surface area contributed by atoms with Crippen LogP contribution in [0, 0.1) is 11.6 Å². The van der Waals surface area contributed by atoms with Crippen molar-refractivity contribution in [1.82, 2.24) is 9.55 Å². The van der Waals surface area contributed by atoms with E-state index in [9.17, 15) is 18.4 Å². The molecule has 0 amide bonds. The Hall–Kier alpha value is -3.61. The van der Waals surface area contributed by atoms with Gasteiger partial charge in [0.1, 0.15) is 11.6 Å². The first-order chi connectivity index (χ1) is 13.5. The van der Waals surface area contributed by atoms with Gasteiger partial charge in [0.2, 0.25) is 0 Å². The Bertz CT molecular complexity index is 1230. The largest absolute Gasteiger partial charge is 0.419 e. The van der Waals surface area contributed by atoms with E-state index in [1.807, 2.05) is 18.2 Å². The number of ketones is 1. The van der Waals surface area contributed by atoms with Gasteiger partial charge in [-0.05, 0) is 48.5 Å². The van der Waals surface area contributed by atoms with Crippen LogP contribution in [0.4, 0.5) is 8.78 Å². The first kappa shape index (κ1) is 17.8. The van der Waals surface area contributed by atoms with Crippen LogP contribution in [0.15, 0.2) is 70.0 Å². The maximum atomic E-state index is 13.9. The number of aryl methyl sites for hydroxylation is 2. The normalized spacial score (nSPS) is 11.1. The standard InChI is InChI=1S/C21H14F2N2O3/c22-14-5-6-17(23)16(12-14)20(26)13-4-7-18-19(11-13)28-21(27)25(18)10-8-15-3-1-2-9-24-15/h1-7,9,11-12H,8,10H2. The lowest BCUT2D eigenvalue weighted by Crippen LogP contribution is -2.15. The second-order valence-electron chi connectivity index (χ2n) is 6.23. The van der Waals surface area contributed by atoms with Crippen LogP contribution in [-0.4, -0.2) is 15.3 Å². The number of nitrogens with zero attached hydrogens (tertiary/aromatic N) is 2. The molecule has 2 aromatic heterocycles. The molecule has 4 aromatic rings. The zero-order valence-electron chi connectivity index (χ0n) is 14.6. The van der Waals surface area contributed by atoms with E-state index < -0.39 is 23.2 Å². The van der Waals surface area contributed by atoms with Gasteiger partial charge in [0.25, 0.3) is 0 Å². The highest BCUT2D eigenvalue weighted by atomic mass is 19.1. The Kier molecular flexibility index (Phi) is 4.57. The molecule has 7 heteroatoms. The molecule has 0 aliphatic rings. The van der Waals surface area contributed by atoms with Crippen LogP contribution < -0.4 is 5.76 Å². The summed E-state index contributed by atoms with van der Waals surface area (Å²) in [4.78, 5) is 28.9. The Labute approximate surface area is 157 Å². The van der Waals surface area contributed by atoms with Gasteiger partial charge in [-0.3, -0.25) is 14.3 Å². The summed E-state index contributed by atoms with van der Waals surface area (Å²) in [6.45, 7) is 0.356. The van der Waals surface area contributed by atoms with Crippen molar-refractivity contribution in [2.75, 3.05) is 0 Å². The molecule has 0 unspecified atom stereocenters. The van der Waals surface area contributed by atoms with Gasteiger partial charge in [0.15, 0.2) is 11.4 Å². The number of fused-ring (bicyclic) bond motifs is 1. The molecular formula is C21H14F2N2O3. The summed E-state index contributed by atoms with van der Waals surface area (Å²) in [6.07, 6.45) is 2.21. The van der Waals surface area contributed by atoms with E-state index in [0.717, 1.165) is 23.9 Å². The van der Waals surface area contributed by atoms with E-state index in [1.165, 1.54) is 16.7 Å². The Morgan fingerprint density at radius 1 is 1.07 bits per heavy atom. The van der Waals surface area contributed by atoms with Gasteiger partial charge in [-0.1, -0.05) is 6.07 Å². The average Bonchev–Trinajstić information content (AvgIpc) is 3.02. The molecule has 140 valence electrons. The van der Waals surface area contributed by atoms with Crippen molar-refractivity contribution in [2.45, 2.75) is 13.0 Å². The number of benzene rings is 2. The minimum atomic E-state index is -0.819. The van der Waals surface area contributed by atoms with Gasteiger partial charge >= 0.3 is 5.76 Å². The number of carbonyl (C=O) groups is 1. The van der Waals surface area contributed by atoms with Crippen LogP contribution in [-0.2, 0) is 13.0 Å². The molecule has 0 atom stereocenters. The fourth-order valence-corrected chi connectivity index (χ4v) is 3.02. The van der Waals surface area contributed by atoms with E-state index in [0.29, 0.717) is 18.5 Å². The quantitative estimate of drug-likeness (QED) is 0.495. The Morgan fingerprint density at radius 3 is 2.71 bits per heavy atom. The summed E-state index contributed by atoms with van der Waals surface area (Å²) >= 11 is 0. The molecule has 0 spiro atoms. The topological polar surface area (TPSA) is 65.1 Å². The highest BCUT2D eigenvalue weighted by Crippen LogP contribution is 2.20. The molecular weight excluding hydrogens is 366 g/mol. The third-order valence-corrected chi connectivity index (χ3v) is 4.42. The lowest BCUT2D eigenvalue weighted by atomic mass is 10.0. The van der Waals surface area contributed by atoms with Crippen molar-refractivity contribution in [1.29, 1.82) is 0 Å². The minimum Gasteiger partial charge on any atom is -0.408 e. The van der Waals surface area contributed by atoms with Crippen LogP contribution >= 0.6 is 0 Å². The van der Waals surface area contributed by atoms with Crippen LogP contribution in [0.1, 0.15) is 21.6 Å². The molecule has 5 nitrogen and oxygen atoms in total. The average molecular weight is 380 g/mol. The molecule has 4 rings (SSSR count). The molecule has 0 radical (unpaired) electrons. The number of aromatic nitrogens is 2. The van der Waals surface area contributed by atoms with E-state index in [-0.39, 0.29) is 16.7 Å². The van der Waals surface area contributed by atoms with Crippen molar-refractivity contribution in [3.63, 3.8) is 0 Å². The minimum absolute atomic E-state index is 0.0997. The lowest BCUT2D eigenvalue weighted by molar-refractivity contribution is 0.103. The zero-order chi connectivity index (χ0) is 19.7. The van der Waals surface area contributed by atoms with Gasteiger partial charge in [0, 0.05) is 30.4 Å². The molecule has 0 aliphatic heterocycles. The molecule has 0 N–H and O–H groups in total. The number of pyridine rings is 1. The molecule has 2 aromatic carbocycles. The summed E-state index contributed by atoms with van der Waals surface area (Å²) in [6, 6.07) is 12.6. The van der Waals surface area contributed by atoms with E-state index in [1.54, 1.807) is 12.3 Å². The fourth-order valence-electron chi connectivity index (χ4n) is 3.02. The fraction of sp³-hybridized carbons (Fsp3) is 0.0952. The zero-order valence-corrected chi connectivity index (χ0v) is 14.6. The highest BCUT2D eigenvalue weighted by molar-refractivity contribution is 6.10. The number of carbonyl (C=O) groups excluding carboxylic acids is 1. The number of oxazole rings is 1. The molecule has 0 saturated heterocycles. The van der Waals surface area contributed by atoms with Gasteiger partial charge in [0.05, 0.1) is 11.1 Å². The molecule has 0 aliphatic carbocycles. The van der Waals surface area contributed by atoms with Gasteiger partial charge in [-0.15, -0.1) is 0 Å². The summed E-state index contributed by atoms with van der Waals surface area (Å²) in [5.41, 5.74) is 1.27. The maximum absolute atomic E-state index is 13.9. The monoisotopic (exact) mass is 380 g/mol. The number of hydrogen-bond acceptors (Lipinski definition) is 4. The second kappa shape index (κ2) is 7.19. The summed E-state index contributed by atoms with van der Waals surface area (Å²) < 4.78 is 33.9. The first-order valence-corrected chi connectivity index (χ1v) is 8.56. The summed E-state index contributed by atoms with van der Waals surface area (Å²) in [5, 5.41) is 0. The maximum Gasteiger partial charge on any atom is 0.419 e. The Morgan fingerprint density at radius 2 is 1.93 bits per heavy atom. The predicted molar refractivity (Wildman–Crippen MR) is 98.2 cm³/mol. The third kappa shape index (κ3) is 3.34. The van der Waals surface area contributed by atoms with Crippen LogP contribution in [0.2, 0.25) is 0 Å². The van der Waals surface area contributed by atoms with Crippen LogP contribution in [0.3, 0.4) is 0 Å². The lowest BCUT2D eigenvalue weighted by Gasteiger charge is -2.04. The summed E-state index contributed by atoms with van der Waals surface area (Å²) in [5.74, 6) is -2.78. The summed E-state index contributed by atoms with van der Waals surface area (Å²) in [7, 11) is 0. The van der Waals surface area contributed by atoms with E-state index in [4.69, 9.17) is 4.42 Å². The molecule has 0 fully saturated rings. The predicted octanol–water partition coefficient (Wildman–Crippen LogP) is 3.74. The SMILES string of the molecule is O=C(c1ccc2c(c1)oc(=O)n2CCc1ccccn1)c1cc(F)ccc1F. The number of rotatable bonds is 5. The van der Waals surface area contributed by atoms with Crippen LogP contribution in [0.5, 0.6) is 0 Å². The van der Waals surface area contributed by atoms with Gasteiger partial charge < -0.3 is 4.42 Å². The van der Waals surface area contributed by atoms with Crippen molar-refractivity contribution < 1.29 is 18.0 Å².